The maximum Gasteiger partial charge on any atom is 0.255 e. The number of hydrogen-bond acceptors (Lipinski definition) is 4. The van der Waals surface area contributed by atoms with Crippen LogP contribution in [0.2, 0.25) is 0 Å². The van der Waals surface area contributed by atoms with E-state index < -0.39 is 0 Å². The Kier molecular flexibility index (Phi) is 6.21. The molecular weight excluding hydrogens is 454 g/mol. The molecule has 1 heterocycles. The second kappa shape index (κ2) is 9.62. The van der Waals surface area contributed by atoms with E-state index in [1.54, 1.807) is 60.7 Å². The van der Waals surface area contributed by atoms with Gasteiger partial charge in [0, 0.05) is 22.5 Å². The van der Waals surface area contributed by atoms with E-state index in [1.807, 2.05) is 31.2 Å². The minimum atomic E-state index is -0.337. The highest BCUT2D eigenvalue weighted by Gasteiger charge is 2.48. The Morgan fingerprint density at radius 2 is 1.25 bits per heavy atom. The number of nitrogens with one attached hydrogen (secondary N) is 2. The number of rotatable bonds is 5. The van der Waals surface area contributed by atoms with Crippen LogP contribution >= 0.6 is 0 Å². The Balaban J connectivity index is 1.22. The molecule has 1 aliphatic carbocycles. The third-order valence-corrected chi connectivity index (χ3v) is 6.65. The van der Waals surface area contributed by atoms with Gasteiger partial charge in [0.15, 0.2) is 0 Å². The molecule has 1 aliphatic heterocycles. The van der Waals surface area contributed by atoms with Crippen LogP contribution < -0.4 is 15.5 Å². The van der Waals surface area contributed by atoms with Crippen LogP contribution in [-0.4, -0.2) is 23.6 Å². The average Bonchev–Trinajstić information content (AvgIpc) is 3.14. The molecule has 2 atom stereocenters. The van der Waals surface area contributed by atoms with Crippen molar-refractivity contribution < 1.29 is 19.2 Å². The lowest BCUT2D eigenvalue weighted by molar-refractivity contribution is -0.122. The number of allylic oxidation sites excluding steroid dienone is 2. The number of carbonyl (C=O) groups excluding carboxylic acids is 4. The predicted molar refractivity (Wildman–Crippen MR) is 138 cm³/mol. The second-order valence-electron chi connectivity index (χ2n) is 9.11. The number of nitrogens with zero attached hydrogens (tertiary/aromatic N) is 1. The normalized spacial score (nSPS) is 18.9. The summed E-state index contributed by atoms with van der Waals surface area (Å²) >= 11 is 0. The molecule has 1 fully saturated rings. The van der Waals surface area contributed by atoms with E-state index in [4.69, 9.17) is 0 Å². The molecule has 2 N–H and O–H groups in total. The summed E-state index contributed by atoms with van der Waals surface area (Å²) in [7, 11) is 0. The molecular formula is C29H25N3O4. The summed E-state index contributed by atoms with van der Waals surface area (Å²) in [5.41, 5.74) is 3.70. The van der Waals surface area contributed by atoms with E-state index in [1.165, 1.54) is 4.90 Å². The fraction of sp³-hybridized carbons (Fsp3) is 0.172. The van der Waals surface area contributed by atoms with Gasteiger partial charge >= 0.3 is 0 Å². The molecule has 3 aromatic carbocycles. The van der Waals surface area contributed by atoms with E-state index in [0.717, 1.165) is 5.57 Å². The lowest BCUT2D eigenvalue weighted by atomic mass is 9.82. The molecule has 3 aromatic rings. The molecule has 0 bridgehead atoms. The van der Waals surface area contributed by atoms with Gasteiger partial charge in [-0.3, -0.25) is 24.1 Å². The monoisotopic (exact) mass is 479 g/mol. The maximum absolute atomic E-state index is 12.9. The van der Waals surface area contributed by atoms with Gasteiger partial charge in [-0.05, 0) is 80.4 Å². The number of amides is 4. The minimum Gasteiger partial charge on any atom is -0.322 e. The number of benzene rings is 3. The summed E-state index contributed by atoms with van der Waals surface area (Å²) in [5, 5.41) is 5.62. The molecule has 180 valence electrons. The van der Waals surface area contributed by atoms with Crippen molar-refractivity contribution in [3.63, 3.8) is 0 Å². The summed E-state index contributed by atoms with van der Waals surface area (Å²) < 4.78 is 0. The lowest BCUT2D eigenvalue weighted by Gasteiger charge is -2.18. The second-order valence-corrected chi connectivity index (χ2v) is 9.11. The van der Waals surface area contributed by atoms with Crippen molar-refractivity contribution in [2.24, 2.45) is 11.8 Å². The number of carbonyl (C=O) groups is 4. The molecule has 0 saturated carbocycles. The zero-order valence-corrected chi connectivity index (χ0v) is 19.7. The Hall–Kier alpha value is -4.52. The summed E-state index contributed by atoms with van der Waals surface area (Å²) in [6, 6.07) is 22.2. The van der Waals surface area contributed by atoms with Crippen molar-refractivity contribution in [1.82, 2.24) is 0 Å². The van der Waals surface area contributed by atoms with E-state index in [-0.39, 0.29) is 35.5 Å². The summed E-state index contributed by atoms with van der Waals surface area (Å²) in [4.78, 5) is 52.2. The van der Waals surface area contributed by atoms with Crippen LogP contribution in [0.3, 0.4) is 0 Å². The van der Waals surface area contributed by atoms with Crippen LogP contribution in [0.5, 0.6) is 0 Å². The van der Waals surface area contributed by atoms with Gasteiger partial charge in [0.25, 0.3) is 11.8 Å². The minimum absolute atomic E-state index is 0.175. The zero-order chi connectivity index (χ0) is 25.2. The summed E-state index contributed by atoms with van der Waals surface area (Å²) in [6.45, 7) is 1.98. The van der Waals surface area contributed by atoms with Gasteiger partial charge in [-0.15, -0.1) is 0 Å². The first-order valence-electron chi connectivity index (χ1n) is 11.8. The number of hydrogen-bond donors (Lipinski definition) is 2. The first-order chi connectivity index (χ1) is 17.4. The number of fused-ring (bicyclic) bond motifs is 1. The number of anilines is 3. The largest absolute Gasteiger partial charge is 0.322 e. The molecule has 36 heavy (non-hydrogen) atoms. The van der Waals surface area contributed by atoms with Crippen molar-refractivity contribution in [1.29, 1.82) is 0 Å². The van der Waals surface area contributed by atoms with Crippen LogP contribution in [0.25, 0.3) is 0 Å². The van der Waals surface area contributed by atoms with Crippen molar-refractivity contribution in [2.75, 3.05) is 15.5 Å². The maximum atomic E-state index is 12.9. The third kappa shape index (κ3) is 4.55. The van der Waals surface area contributed by atoms with Crippen molar-refractivity contribution in [3.8, 4) is 0 Å². The molecule has 7 nitrogen and oxygen atoms in total. The van der Waals surface area contributed by atoms with E-state index in [9.17, 15) is 19.2 Å². The van der Waals surface area contributed by atoms with Gasteiger partial charge < -0.3 is 10.6 Å². The van der Waals surface area contributed by atoms with Gasteiger partial charge in [0.2, 0.25) is 11.8 Å². The first kappa shape index (κ1) is 23.2. The van der Waals surface area contributed by atoms with Crippen LogP contribution in [0.4, 0.5) is 17.1 Å². The van der Waals surface area contributed by atoms with E-state index >= 15 is 0 Å². The summed E-state index contributed by atoms with van der Waals surface area (Å²) in [6.07, 6.45) is 3.23. The highest BCUT2D eigenvalue weighted by molar-refractivity contribution is 6.22. The van der Waals surface area contributed by atoms with Gasteiger partial charge in [0.05, 0.1) is 17.5 Å². The van der Waals surface area contributed by atoms with Crippen LogP contribution in [0.15, 0.2) is 90.5 Å². The fourth-order valence-corrected chi connectivity index (χ4v) is 4.69. The Morgan fingerprint density at radius 1 is 0.722 bits per heavy atom. The van der Waals surface area contributed by atoms with E-state index in [2.05, 4.69) is 10.6 Å². The van der Waals surface area contributed by atoms with Gasteiger partial charge in [-0.2, -0.15) is 0 Å². The molecule has 1 saturated heterocycles. The quantitative estimate of drug-likeness (QED) is 0.396. The number of imide groups is 1. The standard InChI is InChI=1S/C29H25N3O4/c1-18-7-16-24-25(17-18)29(36)32(28(24)35)23-14-10-20(11-15-23)27(34)31-22-12-8-19(9-13-22)26(33)30-21-5-3-2-4-6-21/h2-15,24-25H,16-17H2,1H3,(H,30,33)(H,31,34)/t24-,25+/m1/s1. The molecule has 5 rings (SSSR count). The van der Waals surface area contributed by atoms with Crippen molar-refractivity contribution in [3.05, 3.63) is 102 Å². The van der Waals surface area contributed by atoms with Crippen molar-refractivity contribution >= 4 is 40.7 Å². The highest BCUT2D eigenvalue weighted by atomic mass is 16.2. The summed E-state index contributed by atoms with van der Waals surface area (Å²) in [5.74, 6) is -1.54. The molecule has 0 radical (unpaired) electrons. The SMILES string of the molecule is CC1=CC[C@H]2C(=O)N(c3ccc(C(=O)Nc4ccc(C(=O)Nc5ccccc5)cc4)cc3)C(=O)[C@H]2C1. The molecule has 2 aliphatic rings. The van der Waals surface area contributed by atoms with Gasteiger partial charge in [-0.1, -0.05) is 29.8 Å². The van der Waals surface area contributed by atoms with Gasteiger partial charge in [0.1, 0.15) is 0 Å². The Labute approximate surface area is 208 Å². The van der Waals surface area contributed by atoms with Crippen molar-refractivity contribution in [2.45, 2.75) is 19.8 Å². The topological polar surface area (TPSA) is 95.6 Å². The van der Waals surface area contributed by atoms with Gasteiger partial charge in [-0.25, -0.2) is 0 Å². The third-order valence-electron chi connectivity index (χ3n) is 6.65. The smallest absolute Gasteiger partial charge is 0.255 e. The zero-order valence-electron chi connectivity index (χ0n) is 19.7. The molecule has 4 amide bonds. The van der Waals surface area contributed by atoms with E-state index in [0.29, 0.717) is 41.0 Å². The molecule has 0 spiro atoms. The van der Waals surface area contributed by atoms with Crippen LogP contribution in [0, 0.1) is 11.8 Å². The predicted octanol–water partition coefficient (Wildman–Crippen LogP) is 5.04. The molecule has 0 unspecified atom stereocenters. The molecule has 7 heteroatoms. The Morgan fingerprint density at radius 3 is 1.86 bits per heavy atom. The lowest BCUT2D eigenvalue weighted by Crippen LogP contribution is -2.30. The first-order valence-corrected chi connectivity index (χ1v) is 11.8. The number of para-hydroxylation sites is 1. The Bertz CT molecular complexity index is 1360. The molecule has 0 aromatic heterocycles. The highest BCUT2D eigenvalue weighted by Crippen LogP contribution is 2.39. The van der Waals surface area contributed by atoms with Crippen LogP contribution in [-0.2, 0) is 9.59 Å². The van der Waals surface area contributed by atoms with Crippen LogP contribution in [0.1, 0.15) is 40.5 Å². The fourth-order valence-electron chi connectivity index (χ4n) is 4.69. The average molecular weight is 480 g/mol.